The van der Waals surface area contributed by atoms with Crippen molar-refractivity contribution in [2.75, 3.05) is 52.4 Å². The van der Waals surface area contributed by atoms with Crippen LogP contribution in [-0.2, 0) is 22.6 Å². The van der Waals surface area contributed by atoms with Crippen molar-refractivity contribution in [2.45, 2.75) is 65.8 Å². The molecule has 4 fully saturated rings. The number of carbonyl (C=O) groups excluding carboxylic acids is 4. The fraction of sp³-hybridized carbons (Fsp3) is 0.500. The predicted molar refractivity (Wildman–Crippen MR) is 234 cm³/mol. The molecular formula is C44H55Cl3N8O6. The molecule has 0 saturated carbocycles. The maximum absolute atomic E-state index is 12.9. The van der Waals surface area contributed by atoms with E-state index >= 15 is 0 Å². The zero-order chi connectivity index (χ0) is 44.1. The molecule has 6 heterocycles. The summed E-state index contributed by atoms with van der Waals surface area (Å²) in [6.07, 6.45) is 5.79. The molecule has 4 aliphatic heterocycles. The second-order valence-electron chi connectivity index (χ2n) is 18.2. The zero-order valence-electron chi connectivity index (χ0n) is 35.5. The van der Waals surface area contributed by atoms with Gasteiger partial charge >= 0.3 is 23.3 Å². The maximum atomic E-state index is 12.9. The molecule has 17 heteroatoms. The quantitative estimate of drug-likeness (QED) is 0.115. The Balaban J connectivity index is 0.000000171. The van der Waals surface area contributed by atoms with Crippen molar-refractivity contribution < 1.29 is 28.7 Å². The molecule has 2 amide bonds. The molecule has 1 N–H and O–H groups in total. The topological polar surface area (TPSA) is 146 Å². The van der Waals surface area contributed by atoms with Gasteiger partial charge in [-0.1, -0.05) is 47.5 Å². The summed E-state index contributed by atoms with van der Waals surface area (Å²) in [6.45, 7) is 19.8. The molecule has 14 nitrogen and oxygen atoms in total. The van der Waals surface area contributed by atoms with Gasteiger partial charge in [0.2, 0.25) is 0 Å². The van der Waals surface area contributed by atoms with E-state index in [1.807, 2.05) is 49.9 Å². The number of esters is 2. The van der Waals surface area contributed by atoms with Crippen LogP contribution in [0.15, 0.2) is 73.3 Å². The van der Waals surface area contributed by atoms with Crippen LogP contribution in [0.25, 0.3) is 0 Å². The average Bonchev–Trinajstić information content (AvgIpc) is 4.02. The first kappa shape index (κ1) is 46.0. The monoisotopic (exact) mass is 896 g/mol. The number of benzene rings is 2. The highest BCUT2D eigenvalue weighted by molar-refractivity contribution is 6.62. The molecule has 0 spiro atoms. The molecule has 8 rings (SSSR count). The van der Waals surface area contributed by atoms with Crippen molar-refractivity contribution in [3.05, 3.63) is 106 Å². The third kappa shape index (κ3) is 13.3. The normalized spacial score (nSPS) is 21.2. The third-order valence-electron chi connectivity index (χ3n) is 10.8. The first-order valence-corrected chi connectivity index (χ1v) is 21.6. The minimum atomic E-state index is -0.590. The first-order chi connectivity index (χ1) is 28.8. The summed E-state index contributed by atoms with van der Waals surface area (Å²) >= 11 is 17.4. The minimum absolute atomic E-state index is 0.191. The van der Waals surface area contributed by atoms with E-state index in [0.717, 1.165) is 62.4 Å². The summed E-state index contributed by atoms with van der Waals surface area (Å²) in [5, 5.41) is 11.5. The number of H-pyrrole nitrogens is 1. The molecule has 0 bridgehead atoms. The SMILES string of the molecule is CC(C)(C)OC(=O)c1cn[nH]c1.CC(C)(C)OC(=O)c1cnn(C(=O)N2CC3CN(Cc4ccc(Cl)cc4)CC3C2)c1.O=C(Cl)N1CC2CN(Cc3ccc(Cl)cc3)CC2C1. The summed E-state index contributed by atoms with van der Waals surface area (Å²) in [5.74, 6) is 1.25. The molecule has 2 aromatic heterocycles. The molecular weight excluding hydrogens is 843 g/mol. The van der Waals surface area contributed by atoms with Gasteiger partial charge in [-0.2, -0.15) is 14.9 Å². The Labute approximate surface area is 372 Å². The van der Waals surface area contributed by atoms with Crippen molar-refractivity contribution in [3.63, 3.8) is 0 Å². The number of aromatic nitrogens is 4. The summed E-state index contributed by atoms with van der Waals surface area (Å²) < 4.78 is 11.7. The maximum Gasteiger partial charge on any atom is 0.344 e. The number of nitrogens with one attached hydrogen (secondary N) is 1. The minimum Gasteiger partial charge on any atom is -0.456 e. The number of nitrogens with zero attached hydrogens (tertiary/aromatic N) is 7. The Morgan fingerprint density at radius 3 is 1.46 bits per heavy atom. The van der Waals surface area contributed by atoms with E-state index in [1.165, 1.54) is 40.6 Å². The number of rotatable bonds is 6. The van der Waals surface area contributed by atoms with Crippen LogP contribution in [0.5, 0.6) is 0 Å². The lowest BCUT2D eigenvalue weighted by Crippen LogP contribution is -2.36. The lowest BCUT2D eigenvalue weighted by molar-refractivity contribution is 0.00570. The summed E-state index contributed by atoms with van der Waals surface area (Å²) in [7, 11) is 0. The molecule has 4 atom stereocenters. The Bertz CT molecular complexity index is 2090. The van der Waals surface area contributed by atoms with Crippen molar-refractivity contribution in [2.24, 2.45) is 23.7 Å². The number of fused-ring (bicyclic) bond motifs is 2. The van der Waals surface area contributed by atoms with E-state index in [-0.39, 0.29) is 22.9 Å². The molecule has 2 aromatic carbocycles. The standard InChI is InChI=1S/C22H27ClN4O3.C14H16Cl2N2O.C8H12N2O2/c1-22(2,3)30-20(28)16-8-24-27(14-16)21(29)26-12-17-10-25(11-18(17)13-26)9-15-4-6-19(23)7-5-15;15-13-3-1-10(2-4-13)5-17-6-11-8-18(14(16)19)9-12(11)7-17;1-8(2,3)12-7(11)6-4-9-10-5-6/h4-8,14,17-18H,9-13H2,1-3H3;1-4,11-12H,5-9H2;4-5H,1-3H3,(H,9,10). The molecule has 4 aromatic rings. The van der Waals surface area contributed by atoms with Crippen LogP contribution in [0.3, 0.4) is 0 Å². The fourth-order valence-electron chi connectivity index (χ4n) is 8.15. The summed E-state index contributed by atoms with van der Waals surface area (Å²) in [6, 6.07) is 15.8. The van der Waals surface area contributed by atoms with E-state index in [4.69, 9.17) is 44.3 Å². The molecule has 0 radical (unpaired) electrons. The van der Waals surface area contributed by atoms with Gasteiger partial charge in [0.1, 0.15) is 11.2 Å². The lowest BCUT2D eigenvalue weighted by Gasteiger charge is -2.21. The molecule has 0 aliphatic carbocycles. The van der Waals surface area contributed by atoms with E-state index in [0.29, 0.717) is 42.3 Å². The van der Waals surface area contributed by atoms with Crippen LogP contribution in [0.1, 0.15) is 73.4 Å². The van der Waals surface area contributed by atoms with Crippen LogP contribution in [-0.4, -0.2) is 126 Å². The average molecular weight is 898 g/mol. The second kappa shape index (κ2) is 19.7. The van der Waals surface area contributed by atoms with E-state index < -0.39 is 17.2 Å². The van der Waals surface area contributed by atoms with Gasteiger partial charge in [-0.3, -0.25) is 19.7 Å². The van der Waals surface area contributed by atoms with Gasteiger partial charge < -0.3 is 19.3 Å². The summed E-state index contributed by atoms with van der Waals surface area (Å²) in [5.41, 5.74) is 2.23. The highest BCUT2D eigenvalue weighted by atomic mass is 35.5. The highest BCUT2D eigenvalue weighted by Gasteiger charge is 2.43. The van der Waals surface area contributed by atoms with E-state index in [1.54, 1.807) is 25.7 Å². The smallest absolute Gasteiger partial charge is 0.344 e. The number of likely N-dealkylation sites (tertiary alicyclic amines) is 4. The van der Waals surface area contributed by atoms with Gasteiger partial charge in [0.25, 0.3) is 0 Å². The molecule has 4 aliphatic rings. The fourth-order valence-corrected chi connectivity index (χ4v) is 8.54. The number of halogens is 3. The zero-order valence-corrected chi connectivity index (χ0v) is 37.8. The Morgan fingerprint density at radius 1 is 0.639 bits per heavy atom. The number of hydrogen-bond acceptors (Lipinski definition) is 10. The number of carbonyl (C=O) groups is 4. The van der Waals surface area contributed by atoms with Crippen molar-refractivity contribution in [1.82, 2.24) is 39.6 Å². The van der Waals surface area contributed by atoms with Gasteiger partial charge in [-0.25, -0.2) is 14.4 Å². The number of ether oxygens (including phenoxy) is 2. The number of hydrogen-bond donors (Lipinski definition) is 1. The lowest BCUT2D eigenvalue weighted by atomic mass is 10.0. The molecule has 4 saturated heterocycles. The number of amides is 2. The molecule has 61 heavy (non-hydrogen) atoms. The first-order valence-electron chi connectivity index (χ1n) is 20.5. The van der Waals surface area contributed by atoms with Crippen LogP contribution < -0.4 is 0 Å². The molecule has 328 valence electrons. The van der Waals surface area contributed by atoms with Gasteiger partial charge in [0.15, 0.2) is 0 Å². The van der Waals surface area contributed by atoms with Gasteiger partial charge in [0.05, 0.1) is 29.7 Å². The van der Waals surface area contributed by atoms with E-state index in [2.05, 4.69) is 49.4 Å². The van der Waals surface area contributed by atoms with Crippen LogP contribution in [0, 0.1) is 23.7 Å². The van der Waals surface area contributed by atoms with E-state index in [9.17, 15) is 19.2 Å². The van der Waals surface area contributed by atoms with Gasteiger partial charge in [0, 0.05) is 81.7 Å². The molecule has 4 unspecified atom stereocenters. The summed E-state index contributed by atoms with van der Waals surface area (Å²) in [4.78, 5) is 55.9. The largest absolute Gasteiger partial charge is 0.456 e. The van der Waals surface area contributed by atoms with Crippen LogP contribution in [0.2, 0.25) is 10.0 Å². The van der Waals surface area contributed by atoms with Crippen molar-refractivity contribution in [1.29, 1.82) is 0 Å². The Kier molecular flexibility index (Phi) is 14.9. The third-order valence-corrected chi connectivity index (χ3v) is 11.6. The van der Waals surface area contributed by atoms with Crippen molar-refractivity contribution in [3.8, 4) is 0 Å². The highest BCUT2D eigenvalue weighted by Crippen LogP contribution is 2.34. The Hall–Kier alpha value is -4.47. The van der Waals surface area contributed by atoms with Crippen LogP contribution >= 0.6 is 34.8 Å². The van der Waals surface area contributed by atoms with Crippen molar-refractivity contribution >= 4 is 58.1 Å². The van der Waals surface area contributed by atoms with Gasteiger partial charge in [-0.15, -0.1) is 0 Å². The second-order valence-corrected chi connectivity index (χ2v) is 19.4. The van der Waals surface area contributed by atoms with Crippen LogP contribution in [0.4, 0.5) is 9.59 Å². The number of aromatic amines is 1. The Morgan fingerprint density at radius 2 is 1.07 bits per heavy atom. The predicted octanol–water partition coefficient (Wildman–Crippen LogP) is 7.95. The van der Waals surface area contributed by atoms with Gasteiger partial charge in [-0.05, 0) is 112 Å².